The maximum Gasteiger partial charge on any atom is 0.137 e. The molecule has 0 radical (unpaired) electrons. The third-order valence-electron chi connectivity index (χ3n) is 2.12. The van der Waals surface area contributed by atoms with Gasteiger partial charge in [0.25, 0.3) is 0 Å². The highest BCUT2D eigenvalue weighted by atomic mass is 79.9. The van der Waals surface area contributed by atoms with Crippen LogP contribution in [0.3, 0.4) is 0 Å². The van der Waals surface area contributed by atoms with Crippen LogP contribution in [0.1, 0.15) is 5.69 Å². The molecule has 0 unspecified atom stereocenters. The first-order valence-electron chi connectivity index (χ1n) is 4.80. The first-order chi connectivity index (χ1) is 7.70. The van der Waals surface area contributed by atoms with Crippen molar-refractivity contribution in [3.8, 4) is 10.6 Å². The summed E-state index contributed by atoms with van der Waals surface area (Å²) < 4.78 is 13.5. The molecule has 0 aliphatic heterocycles. The molecule has 16 heavy (non-hydrogen) atoms. The summed E-state index contributed by atoms with van der Waals surface area (Å²) in [7, 11) is 0. The molecular formula is C11H10BrFN2S. The molecule has 0 saturated heterocycles. The van der Waals surface area contributed by atoms with Gasteiger partial charge in [0.15, 0.2) is 0 Å². The van der Waals surface area contributed by atoms with E-state index in [4.69, 9.17) is 5.73 Å². The van der Waals surface area contributed by atoms with E-state index in [2.05, 4.69) is 20.9 Å². The Bertz CT molecular complexity index is 498. The number of hydrogen-bond acceptors (Lipinski definition) is 3. The quantitative estimate of drug-likeness (QED) is 0.945. The Labute approximate surface area is 105 Å². The smallest absolute Gasteiger partial charge is 0.137 e. The summed E-state index contributed by atoms with van der Waals surface area (Å²) >= 11 is 4.71. The molecule has 1 heterocycles. The molecule has 1 aromatic heterocycles. The number of hydrogen-bond donors (Lipinski definition) is 1. The molecule has 0 aliphatic carbocycles. The van der Waals surface area contributed by atoms with Gasteiger partial charge in [-0.1, -0.05) is 0 Å². The lowest BCUT2D eigenvalue weighted by Crippen LogP contribution is -2.02. The van der Waals surface area contributed by atoms with Crippen LogP contribution in [0.5, 0.6) is 0 Å². The molecule has 2 nitrogen and oxygen atoms in total. The molecule has 5 heteroatoms. The van der Waals surface area contributed by atoms with Crippen molar-refractivity contribution in [3.05, 3.63) is 39.6 Å². The van der Waals surface area contributed by atoms with E-state index in [0.29, 0.717) is 11.0 Å². The maximum atomic E-state index is 13.1. The van der Waals surface area contributed by atoms with Crippen molar-refractivity contribution in [3.63, 3.8) is 0 Å². The SMILES string of the molecule is NCCc1csc(-c2ccc(F)c(Br)c2)n1. The van der Waals surface area contributed by atoms with Gasteiger partial charge >= 0.3 is 0 Å². The number of rotatable bonds is 3. The zero-order valence-electron chi connectivity index (χ0n) is 8.41. The van der Waals surface area contributed by atoms with Crippen LogP contribution in [0, 0.1) is 5.82 Å². The molecule has 84 valence electrons. The Hall–Kier alpha value is -0.780. The second-order valence-electron chi connectivity index (χ2n) is 3.31. The van der Waals surface area contributed by atoms with Crippen LogP contribution < -0.4 is 5.73 Å². The second kappa shape index (κ2) is 5.03. The molecule has 0 amide bonds. The largest absolute Gasteiger partial charge is 0.330 e. The lowest BCUT2D eigenvalue weighted by atomic mass is 10.2. The van der Waals surface area contributed by atoms with E-state index in [1.807, 2.05) is 5.38 Å². The third-order valence-corrected chi connectivity index (χ3v) is 3.67. The van der Waals surface area contributed by atoms with Crippen molar-refractivity contribution in [2.45, 2.75) is 6.42 Å². The van der Waals surface area contributed by atoms with Crippen LogP contribution in [0.4, 0.5) is 4.39 Å². The lowest BCUT2D eigenvalue weighted by molar-refractivity contribution is 0.621. The van der Waals surface area contributed by atoms with E-state index < -0.39 is 0 Å². The minimum atomic E-state index is -0.262. The van der Waals surface area contributed by atoms with Gasteiger partial charge in [-0.05, 0) is 40.7 Å². The number of halogens is 2. The zero-order valence-corrected chi connectivity index (χ0v) is 10.8. The van der Waals surface area contributed by atoms with E-state index >= 15 is 0 Å². The number of nitrogens with zero attached hydrogens (tertiary/aromatic N) is 1. The molecule has 0 aliphatic rings. The van der Waals surface area contributed by atoms with Crippen LogP contribution in [-0.2, 0) is 6.42 Å². The summed E-state index contributed by atoms with van der Waals surface area (Å²) in [5, 5.41) is 2.88. The normalized spacial score (nSPS) is 10.7. The van der Waals surface area contributed by atoms with Crippen LogP contribution in [-0.4, -0.2) is 11.5 Å². The Morgan fingerprint density at radius 1 is 1.44 bits per heavy atom. The van der Waals surface area contributed by atoms with Crippen LogP contribution in [0.2, 0.25) is 0 Å². The van der Waals surface area contributed by atoms with Crippen molar-refractivity contribution < 1.29 is 4.39 Å². The molecule has 0 fully saturated rings. The highest BCUT2D eigenvalue weighted by Crippen LogP contribution is 2.27. The Morgan fingerprint density at radius 2 is 2.25 bits per heavy atom. The van der Waals surface area contributed by atoms with E-state index in [-0.39, 0.29) is 5.82 Å². The van der Waals surface area contributed by atoms with Gasteiger partial charge in [0.2, 0.25) is 0 Å². The second-order valence-corrected chi connectivity index (χ2v) is 5.02. The van der Waals surface area contributed by atoms with Gasteiger partial charge in [-0.25, -0.2) is 9.37 Å². The number of nitrogens with two attached hydrogens (primary N) is 1. The van der Waals surface area contributed by atoms with Crippen LogP contribution in [0.15, 0.2) is 28.1 Å². The van der Waals surface area contributed by atoms with Crippen molar-refractivity contribution in [1.29, 1.82) is 0 Å². The van der Waals surface area contributed by atoms with Gasteiger partial charge in [-0.3, -0.25) is 0 Å². The first-order valence-corrected chi connectivity index (χ1v) is 6.48. The summed E-state index contributed by atoms with van der Waals surface area (Å²) in [4.78, 5) is 4.44. The van der Waals surface area contributed by atoms with Crippen molar-refractivity contribution in [1.82, 2.24) is 4.98 Å². The summed E-state index contributed by atoms with van der Waals surface area (Å²) in [5.74, 6) is -0.262. The van der Waals surface area contributed by atoms with Gasteiger partial charge in [-0.15, -0.1) is 11.3 Å². The molecule has 1 aromatic carbocycles. The minimum absolute atomic E-state index is 0.262. The zero-order chi connectivity index (χ0) is 11.5. The molecule has 0 atom stereocenters. The van der Waals surface area contributed by atoms with Crippen molar-refractivity contribution >= 4 is 27.3 Å². The van der Waals surface area contributed by atoms with E-state index in [0.717, 1.165) is 22.7 Å². The van der Waals surface area contributed by atoms with Gasteiger partial charge in [0, 0.05) is 17.4 Å². The number of benzene rings is 1. The average molecular weight is 301 g/mol. The highest BCUT2D eigenvalue weighted by molar-refractivity contribution is 9.10. The van der Waals surface area contributed by atoms with Crippen LogP contribution in [0.25, 0.3) is 10.6 Å². The van der Waals surface area contributed by atoms with Crippen molar-refractivity contribution in [2.24, 2.45) is 5.73 Å². The van der Waals surface area contributed by atoms with Gasteiger partial charge < -0.3 is 5.73 Å². The Kier molecular flexibility index (Phi) is 3.68. The van der Waals surface area contributed by atoms with Gasteiger partial charge in [-0.2, -0.15) is 0 Å². The van der Waals surface area contributed by atoms with E-state index in [1.54, 1.807) is 23.5 Å². The molecule has 2 aromatic rings. The highest BCUT2D eigenvalue weighted by Gasteiger charge is 2.06. The summed E-state index contributed by atoms with van der Waals surface area (Å²) in [6, 6.07) is 4.90. The van der Waals surface area contributed by atoms with Gasteiger partial charge in [0.05, 0.1) is 10.2 Å². The maximum absolute atomic E-state index is 13.1. The number of thiazole rings is 1. The lowest BCUT2D eigenvalue weighted by Gasteiger charge is -1.98. The number of aromatic nitrogens is 1. The van der Waals surface area contributed by atoms with E-state index in [9.17, 15) is 4.39 Å². The third kappa shape index (κ3) is 2.48. The Morgan fingerprint density at radius 3 is 2.94 bits per heavy atom. The molecular weight excluding hydrogens is 291 g/mol. The fraction of sp³-hybridized carbons (Fsp3) is 0.182. The fourth-order valence-electron chi connectivity index (χ4n) is 1.33. The summed E-state index contributed by atoms with van der Waals surface area (Å²) in [6.45, 7) is 0.594. The molecule has 0 spiro atoms. The topological polar surface area (TPSA) is 38.9 Å². The molecule has 0 saturated carbocycles. The van der Waals surface area contributed by atoms with Crippen LogP contribution >= 0.6 is 27.3 Å². The van der Waals surface area contributed by atoms with E-state index in [1.165, 1.54) is 6.07 Å². The molecule has 2 rings (SSSR count). The van der Waals surface area contributed by atoms with Crippen molar-refractivity contribution in [2.75, 3.05) is 6.54 Å². The Balaban J connectivity index is 2.31. The molecule has 0 bridgehead atoms. The molecule has 2 N–H and O–H groups in total. The average Bonchev–Trinajstić information content (AvgIpc) is 2.71. The summed E-state index contributed by atoms with van der Waals surface area (Å²) in [5.41, 5.74) is 7.37. The summed E-state index contributed by atoms with van der Waals surface area (Å²) in [6.07, 6.45) is 0.777. The fourth-order valence-corrected chi connectivity index (χ4v) is 2.56. The monoisotopic (exact) mass is 300 g/mol. The minimum Gasteiger partial charge on any atom is -0.330 e. The predicted molar refractivity (Wildman–Crippen MR) is 68.0 cm³/mol. The standard InChI is InChI=1S/C11H10BrFN2S/c12-9-5-7(1-2-10(9)13)11-15-8(3-4-14)6-16-11/h1-2,5-6H,3-4,14H2. The van der Waals surface area contributed by atoms with Gasteiger partial charge in [0.1, 0.15) is 10.8 Å². The predicted octanol–water partition coefficient (Wildman–Crippen LogP) is 3.21. The first kappa shape index (κ1) is 11.7.